The molecule has 20 heavy (non-hydrogen) atoms. The van der Waals surface area contributed by atoms with Crippen molar-refractivity contribution < 1.29 is 13.2 Å². The molecule has 0 atom stereocenters. The van der Waals surface area contributed by atoms with E-state index in [1.807, 2.05) is 0 Å². The summed E-state index contributed by atoms with van der Waals surface area (Å²) >= 11 is 0. The number of hydrogen-bond donors (Lipinski definition) is 0. The highest BCUT2D eigenvalue weighted by Crippen LogP contribution is 2.20. The molecule has 0 radical (unpaired) electrons. The SMILES string of the molecule is CCCCOc1ccc(S(=O)(=O)N2C=NCCC2)cc1. The molecule has 1 aromatic rings. The molecule has 0 saturated carbocycles. The molecule has 0 unspecified atom stereocenters. The van der Waals surface area contributed by atoms with Crippen LogP contribution >= 0.6 is 0 Å². The second-order valence-corrected chi connectivity index (χ2v) is 6.55. The van der Waals surface area contributed by atoms with Crippen LogP contribution in [-0.2, 0) is 10.0 Å². The molecule has 0 aliphatic carbocycles. The highest BCUT2D eigenvalue weighted by atomic mass is 32.2. The molecular weight excluding hydrogens is 276 g/mol. The molecule has 1 heterocycles. The van der Waals surface area contributed by atoms with Crippen LogP contribution < -0.4 is 4.74 Å². The highest BCUT2D eigenvalue weighted by Gasteiger charge is 2.22. The number of ether oxygens (including phenoxy) is 1. The first kappa shape index (κ1) is 14.8. The van der Waals surface area contributed by atoms with Crippen LogP contribution in [0.25, 0.3) is 0 Å². The summed E-state index contributed by atoms with van der Waals surface area (Å²) < 4.78 is 31.5. The van der Waals surface area contributed by atoms with Gasteiger partial charge in [-0.15, -0.1) is 0 Å². The molecule has 6 heteroatoms. The number of unbranched alkanes of at least 4 members (excludes halogenated alkanes) is 1. The maximum Gasteiger partial charge on any atom is 0.265 e. The van der Waals surface area contributed by atoms with E-state index in [-0.39, 0.29) is 4.90 Å². The van der Waals surface area contributed by atoms with Crippen molar-refractivity contribution in [3.63, 3.8) is 0 Å². The molecule has 0 amide bonds. The second-order valence-electron chi connectivity index (χ2n) is 4.66. The molecule has 0 spiro atoms. The van der Waals surface area contributed by atoms with Gasteiger partial charge in [-0.2, -0.15) is 0 Å². The van der Waals surface area contributed by atoms with Gasteiger partial charge in [0.1, 0.15) is 5.75 Å². The van der Waals surface area contributed by atoms with Crippen LogP contribution in [0.5, 0.6) is 5.75 Å². The normalized spacial score (nSPS) is 15.3. The molecule has 5 nitrogen and oxygen atoms in total. The van der Waals surface area contributed by atoms with Crippen molar-refractivity contribution >= 4 is 16.4 Å². The molecule has 110 valence electrons. The fraction of sp³-hybridized carbons (Fsp3) is 0.500. The average molecular weight is 296 g/mol. The van der Waals surface area contributed by atoms with Crippen molar-refractivity contribution in [3.05, 3.63) is 24.3 Å². The Bertz CT molecular complexity index is 552. The van der Waals surface area contributed by atoms with Gasteiger partial charge in [-0.25, -0.2) is 8.42 Å². The van der Waals surface area contributed by atoms with Gasteiger partial charge in [0, 0.05) is 13.1 Å². The molecule has 0 N–H and O–H groups in total. The van der Waals surface area contributed by atoms with Crippen LogP contribution in [0.1, 0.15) is 26.2 Å². The minimum Gasteiger partial charge on any atom is -0.494 e. The first-order valence-corrected chi connectivity index (χ1v) is 8.33. The number of benzene rings is 1. The van der Waals surface area contributed by atoms with Crippen LogP contribution in [0.3, 0.4) is 0 Å². The number of rotatable bonds is 6. The van der Waals surface area contributed by atoms with Crippen LogP contribution in [-0.4, -0.2) is 38.8 Å². The summed E-state index contributed by atoms with van der Waals surface area (Å²) in [6.07, 6.45) is 4.23. The summed E-state index contributed by atoms with van der Waals surface area (Å²) in [6, 6.07) is 6.56. The predicted octanol–water partition coefficient (Wildman–Crippen LogP) is 2.29. The van der Waals surface area contributed by atoms with Crippen molar-refractivity contribution in [3.8, 4) is 5.75 Å². The standard InChI is InChI=1S/C14H20N2O3S/c1-2-3-11-19-13-5-7-14(8-6-13)20(17,18)16-10-4-9-15-12-16/h5-8,12H,2-4,9-11H2,1H3. The van der Waals surface area contributed by atoms with Crippen molar-refractivity contribution in [2.24, 2.45) is 4.99 Å². The fourth-order valence-electron chi connectivity index (χ4n) is 1.88. The summed E-state index contributed by atoms with van der Waals surface area (Å²) in [5.74, 6) is 0.699. The lowest BCUT2D eigenvalue weighted by atomic mass is 10.3. The average Bonchev–Trinajstić information content (AvgIpc) is 2.49. The Morgan fingerprint density at radius 3 is 2.65 bits per heavy atom. The van der Waals surface area contributed by atoms with Crippen LogP contribution in [0, 0.1) is 0 Å². The van der Waals surface area contributed by atoms with E-state index in [0.29, 0.717) is 25.4 Å². The number of hydrogen-bond acceptors (Lipinski definition) is 4. The third-order valence-corrected chi connectivity index (χ3v) is 4.84. The van der Waals surface area contributed by atoms with Crippen molar-refractivity contribution in [2.45, 2.75) is 31.1 Å². The number of sulfonamides is 1. The fourth-order valence-corrected chi connectivity index (χ4v) is 3.20. The minimum absolute atomic E-state index is 0.272. The second kappa shape index (κ2) is 6.74. The van der Waals surface area contributed by atoms with E-state index in [9.17, 15) is 8.42 Å². The predicted molar refractivity (Wildman–Crippen MR) is 78.7 cm³/mol. The molecule has 1 aliphatic heterocycles. The van der Waals surface area contributed by atoms with Gasteiger partial charge < -0.3 is 4.74 Å². The van der Waals surface area contributed by atoms with Crippen molar-refractivity contribution in [1.29, 1.82) is 0 Å². The van der Waals surface area contributed by atoms with E-state index < -0.39 is 10.0 Å². The zero-order valence-electron chi connectivity index (χ0n) is 11.7. The van der Waals surface area contributed by atoms with Gasteiger partial charge in [0.2, 0.25) is 0 Å². The third-order valence-electron chi connectivity index (χ3n) is 3.07. The maximum absolute atomic E-state index is 12.4. The molecule has 0 aromatic heterocycles. The minimum atomic E-state index is -3.48. The van der Waals surface area contributed by atoms with Gasteiger partial charge in [-0.1, -0.05) is 13.3 Å². The Hall–Kier alpha value is -1.56. The topological polar surface area (TPSA) is 59.0 Å². The highest BCUT2D eigenvalue weighted by molar-refractivity contribution is 7.89. The van der Waals surface area contributed by atoms with E-state index in [1.54, 1.807) is 24.3 Å². The van der Waals surface area contributed by atoms with Gasteiger partial charge in [0.05, 0.1) is 17.8 Å². The molecular formula is C14H20N2O3S. The maximum atomic E-state index is 12.4. The van der Waals surface area contributed by atoms with Gasteiger partial charge in [-0.3, -0.25) is 9.30 Å². The molecule has 0 fully saturated rings. The zero-order chi connectivity index (χ0) is 14.4. The largest absolute Gasteiger partial charge is 0.494 e. The molecule has 1 aromatic carbocycles. The molecule has 1 aliphatic rings. The quantitative estimate of drug-likeness (QED) is 0.757. The number of aliphatic imine (C=N–C) groups is 1. The summed E-state index contributed by atoms with van der Waals surface area (Å²) in [6.45, 7) is 3.93. The van der Waals surface area contributed by atoms with Crippen molar-refractivity contribution in [2.75, 3.05) is 19.7 Å². The van der Waals surface area contributed by atoms with Gasteiger partial charge >= 0.3 is 0 Å². The third kappa shape index (κ3) is 3.50. The zero-order valence-corrected chi connectivity index (χ0v) is 12.5. The lowest BCUT2D eigenvalue weighted by molar-refractivity contribution is 0.309. The smallest absolute Gasteiger partial charge is 0.265 e. The lowest BCUT2D eigenvalue weighted by Gasteiger charge is -2.22. The Balaban J connectivity index is 2.08. The summed E-state index contributed by atoms with van der Waals surface area (Å²) in [7, 11) is -3.48. The van der Waals surface area contributed by atoms with Gasteiger partial charge in [0.25, 0.3) is 10.0 Å². The molecule has 0 bridgehead atoms. The number of nitrogens with zero attached hydrogens (tertiary/aromatic N) is 2. The summed E-state index contributed by atoms with van der Waals surface area (Å²) in [5.41, 5.74) is 0. The van der Waals surface area contributed by atoms with E-state index in [2.05, 4.69) is 11.9 Å². The Morgan fingerprint density at radius 1 is 1.30 bits per heavy atom. The first-order chi connectivity index (χ1) is 9.64. The van der Waals surface area contributed by atoms with E-state index >= 15 is 0 Å². The Morgan fingerprint density at radius 2 is 2.05 bits per heavy atom. The summed E-state index contributed by atoms with van der Waals surface area (Å²) in [5, 5.41) is 0. The van der Waals surface area contributed by atoms with Crippen LogP contribution in [0.2, 0.25) is 0 Å². The van der Waals surface area contributed by atoms with E-state index in [4.69, 9.17) is 4.74 Å². The first-order valence-electron chi connectivity index (χ1n) is 6.89. The van der Waals surface area contributed by atoms with Crippen molar-refractivity contribution in [1.82, 2.24) is 4.31 Å². The lowest BCUT2D eigenvalue weighted by Crippen LogP contribution is -2.33. The Labute approximate surface area is 120 Å². The van der Waals surface area contributed by atoms with E-state index in [0.717, 1.165) is 19.3 Å². The van der Waals surface area contributed by atoms with E-state index in [1.165, 1.54) is 10.6 Å². The molecule has 2 rings (SSSR count). The van der Waals surface area contributed by atoms with Gasteiger partial charge in [0.15, 0.2) is 0 Å². The summed E-state index contributed by atoms with van der Waals surface area (Å²) in [4.78, 5) is 4.29. The Kier molecular flexibility index (Phi) is 5.00. The van der Waals surface area contributed by atoms with Crippen LogP contribution in [0.4, 0.5) is 0 Å². The monoisotopic (exact) mass is 296 g/mol. The van der Waals surface area contributed by atoms with Crippen LogP contribution in [0.15, 0.2) is 34.2 Å². The van der Waals surface area contributed by atoms with Gasteiger partial charge in [-0.05, 0) is 37.1 Å². The molecule has 0 saturated heterocycles.